The van der Waals surface area contributed by atoms with Gasteiger partial charge in [0.05, 0.1) is 6.04 Å². The van der Waals surface area contributed by atoms with Crippen LogP contribution in [0.2, 0.25) is 0 Å². The number of rotatable bonds is 9. The third kappa shape index (κ3) is 7.30. The van der Waals surface area contributed by atoms with E-state index in [1.165, 1.54) is 11.3 Å². The molecule has 0 aliphatic rings. The van der Waals surface area contributed by atoms with Crippen LogP contribution < -0.4 is 15.8 Å². The second-order valence-corrected chi connectivity index (χ2v) is 8.71. The van der Waals surface area contributed by atoms with Crippen LogP contribution in [0.5, 0.6) is 0 Å². The topological polar surface area (TPSA) is 101 Å². The highest BCUT2D eigenvalue weighted by atomic mass is 35.5. The molecule has 4 N–H and O–H groups in total. The molecule has 0 aliphatic heterocycles. The molecule has 1 rings (SSSR count). The molecule has 0 aromatic carbocycles. The number of hydrogen-bond acceptors (Lipinski definition) is 6. The van der Waals surface area contributed by atoms with Gasteiger partial charge in [-0.3, -0.25) is 4.79 Å². The largest absolute Gasteiger partial charge is 0.353 e. The van der Waals surface area contributed by atoms with Gasteiger partial charge in [-0.1, -0.05) is 0 Å². The summed E-state index contributed by atoms with van der Waals surface area (Å²) in [5.74, 6) is 0.564. The van der Waals surface area contributed by atoms with Crippen LogP contribution in [-0.2, 0) is 14.8 Å². The number of carbonyl (C=O) groups is 1. The number of amides is 1. The molecule has 0 spiro atoms. The van der Waals surface area contributed by atoms with Crippen molar-refractivity contribution in [3.05, 3.63) is 17.0 Å². The molecule has 128 valence electrons. The van der Waals surface area contributed by atoms with Gasteiger partial charge in [-0.2, -0.15) is 11.8 Å². The molecule has 1 atom stereocenters. The number of sulfonamides is 1. The maximum Gasteiger partial charge on any atom is 0.250 e. The fraction of sp³-hybridized carbons (Fsp3) is 0.583. The quantitative estimate of drug-likeness (QED) is 0.547. The van der Waals surface area contributed by atoms with Crippen LogP contribution in [0.15, 0.2) is 16.3 Å². The van der Waals surface area contributed by atoms with Crippen molar-refractivity contribution < 1.29 is 13.2 Å². The van der Waals surface area contributed by atoms with E-state index in [-0.39, 0.29) is 35.6 Å². The van der Waals surface area contributed by atoms with Crippen molar-refractivity contribution in [3.8, 4) is 0 Å². The van der Waals surface area contributed by atoms with Gasteiger partial charge < -0.3 is 11.1 Å². The molecular weight excluding hydrogens is 366 g/mol. The van der Waals surface area contributed by atoms with E-state index >= 15 is 0 Å². The summed E-state index contributed by atoms with van der Waals surface area (Å²) in [4.78, 5) is 12.6. The lowest BCUT2D eigenvalue weighted by Crippen LogP contribution is -2.43. The smallest absolute Gasteiger partial charge is 0.250 e. The highest BCUT2D eigenvalue weighted by Gasteiger charge is 2.16. The number of thioether (sulfide) groups is 1. The molecular formula is C12H22ClN3O3S3. The van der Waals surface area contributed by atoms with Crippen LogP contribution >= 0.6 is 35.5 Å². The Morgan fingerprint density at radius 3 is 2.64 bits per heavy atom. The van der Waals surface area contributed by atoms with Crippen molar-refractivity contribution in [2.24, 2.45) is 5.73 Å². The van der Waals surface area contributed by atoms with E-state index in [0.29, 0.717) is 6.42 Å². The first kappa shape index (κ1) is 21.7. The predicted molar refractivity (Wildman–Crippen MR) is 95.5 cm³/mol. The van der Waals surface area contributed by atoms with E-state index in [1.54, 1.807) is 23.9 Å². The summed E-state index contributed by atoms with van der Waals surface area (Å²) in [5.41, 5.74) is 5.70. The minimum Gasteiger partial charge on any atom is -0.353 e. The van der Waals surface area contributed by atoms with Gasteiger partial charge in [-0.05, 0) is 37.5 Å². The Kier molecular flexibility index (Phi) is 10.3. The van der Waals surface area contributed by atoms with Gasteiger partial charge in [0.1, 0.15) is 4.21 Å². The van der Waals surface area contributed by atoms with E-state index in [1.807, 2.05) is 13.2 Å². The Labute approximate surface area is 146 Å². The zero-order chi connectivity index (χ0) is 15.9. The van der Waals surface area contributed by atoms with Gasteiger partial charge in [0.15, 0.2) is 0 Å². The second kappa shape index (κ2) is 10.5. The van der Waals surface area contributed by atoms with E-state index in [2.05, 4.69) is 10.0 Å². The standard InChI is InChI=1S/C12H21N3O3S3.ClH/c1-9-3-4-11(20-9)21(17,18)15-7-6-14-12(16)10(13)5-8-19-2;/h3-4,10,15H,5-8,13H2,1-2H3,(H,14,16);1H. The Hall–Kier alpha value is -0.320. The SMILES string of the molecule is CSCCC(N)C(=O)NCCNS(=O)(=O)c1ccc(C)s1.Cl. The van der Waals surface area contributed by atoms with Crippen molar-refractivity contribution in [1.29, 1.82) is 0 Å². The number of nitrogens with two attached hydrogens (primary N) is 1. The van der Waals surface area contributed by atoms with Gasteiger partial charge in [0.2, 0.25) is 15.9 Å². The van der Waals surface area contributed by atoms with Crippen LogP contribution in [-0.4, -0.2) is 45.5 Å². The van der Waals surface area contributed by atoms with Gasteiger partial charge in [-0.25, -0.2) is 13.1 Å². The zero-order valence-electron chi connectivity index (χ0n) is 12.5. The first-order valence-corrected chi connectivity index (χ1v) is 10.1. The van der Waals surface area contributed by atoms with Gasteiger partial charge in [-0.15, -0.1) is 23.7 Å². The summed E-state index contributed by atoms with van der Waals surface area (Å²) in [5, 5.41) is 2.62. The van der Waals surface area contributed by atoms with Crippen molar-refractivity contribution >= 4 is 51.4 Å². The van der Waals surface area contributed by atoms with Crippen LogP contribution in [0, 0.1) is 6.92 Å². The fourth-order valence-electron chi connectivity index (χ4n) is 1.51. The maximum atomic E-state index is 11.9. The molecule has 6 nitrogen and oxygen atoms in total. The van der Waals surface area contributed by atoms with E-state index in [0.717, 1.165) is 10.6 Å². The number of hydrogen-bond donors (Lipinski definition) is 3. The normalized spacial score (nSPS) is 12.5. The Morgan fingerprint density at radius 1 is 1.41 bits per heavy atom. The molecule has 0 bridgehead atoms. The molecule has 0 aliphatic carbocycles. The van der Waals surface area contributed by atoms with Crippen LogP contribution in [0.1, 0.15) is 11.3 Å². The minimum absolute atomic E-state index is 0. The number of halogens is 1. The number of thiophene rings is 1. The summed E-state index contributed by atoms with van der Waals surface area (Å²) in [6, 6.07) is 2.78. The first-order valence-electron chi connectivity index (χ1n) is 6.45. The Morgan fingerprint density at radius 2 is 2.09 bits per heavy atom. The summed E-state index contributed by atoms with van der Waals surface area (Å²) < 4.78 is 26.6. The molecule has 1 amide bonds. The molecule has 22 heavy (non-hydrogen) atoms. The number of aryl methyl sites for hydroxylation is 1. The monoisotopic (exact) mass is 387 g/mol. The summed E-state index contributed by atoms with van der Waals surface area (Å²) in [6.07, 6.45) is 2.55. The van der Waals surface area contributed by atoms with Crippen LogP contribution in [0.3, 0.4) is 0 Å². The van der Waals surface area contributed by atoms with Crippen molar-refractivity contribution in [3.63, 3.8) is 0 Å². The number of carbonyl (C=O) groups excluding carboxylic acids is 1. The molecule has 1 aromatic rings. The highest BCUT2D eigenvalue weighted by molar-refractivity contribution is 7.98. The average molecular weight is 388 g/mol. The number of nitrogens with one attached hydrogen (secondary N) is 2. The Bertz CT molecular complexity index is 563. The summed E-state index contributed by atoms with van der Waals surface area (Å²) in [6.45, 7) is 2.20. The van der Waals surface area contributed by atoms with E-state index < -0.39 is 16.1 Å². The molecule has 0 fully saturated rings. The third-order valence-corrected chi connectivity index (χ3v) is 6.26. The summed E-state index contributed by atoms with van der Waals surface area (Å²) in [7, 11) is -3.49. The minimum atomic E-state index is -3.49. The van der Waals surface area contributed by atoms with E-state index in [4.69, 9.17) is 5.73 Å². The fourth-order valence-corrected chi connectivity index (χ4v) is 4.36. The lowest BCUT2D eigenvalue weighted by atomic mass is 10.2. The molecule has 1 unspecified atom stereocenters. The molecule has 1 aromatic heterocycles. The van der Waals surface area contributed by atoms with E-state index in [9.17, 15) is 13.2 Å². The zero-order valence-corrected chi connectivity index (χ0v) is 15.8. The van der Waals surface area contributed by atoms with Gasteiger partial charge in [0.25, 0.3) is 0 Å². The van der Waals surface area contributed by atoms with Crippen LogP contribution in [0.25, 0.3) is 0 Å². The highest BCUT2D eigenvalue weighted by Crippen LogP contribution is 2.19. The molecule has 0 saturated carbocycles. The van der Waals surface area contributed by atoms with Crippen molar-refractivity contribution in [2.75, 3.05) is 25.1 Å². The molecule has 0 saturated heterocycles. The lowest BCUT2D eigenvalue weighted by molar-refractivity contribution is -0.122. The Balaban J connectivity index is 0.00000441. The van der Waals surface area contributed by atoms with Gasteiger partial charge >= 0.3 is 0 Å². The van der Waals surface area contributed by atoms with Crippen LogP contribution in [0.4, 0.5) is 0 Å². The maximum absolute atomic E-state index is 11.9. The lowest BCUT2D eigenvalue weighted by Gasteiger charge is -2.11. The second-order valence-electron chi connectivity index (χ2n) is 4.44. The molecule has 1 heterocycles. The van der Waals surface area contributed by atoms with Crippen molar-refractivity contribution in [1.82, 2.24) is 10.0 Å². The van der Waals surface area contributed by atoms with Crippen molar-refractivity contribution in [2.45, 2.75) is 23.6 Å². The third-order valence-electron chi connectivity index (χ3n) is 2.67. The molecule has 10 heteroatoms. The molecule has 0 radical (unpaired) electrons. The van der Waals surface area contributed by atoms with Gasteiger partial charge in [0, 0.05) is 18.0 Å². The summed E-state index contributed by atoms with van der Waals surface area (Å²) >= 11 is 2.84. The average Bonchev–Trinajstić information content (AvgIpc) is 2.88. The predicted octanol–water partition coefficient (Wildman–Crippen LogP) is 0.953. The first-order chi connectivity index (χ1) is 9.86.